The first-order valence-electron chi connectivity index (χ1n) is 11.7. The van der Waals surface area contributed by atoms with E-state index in [0.29, 0.717) is 39.6 Å². The van der Waals surface area contributed by atoms with Gasteiger partial charge in [0.1, 0.15) is 29.6 Å². The molecule has 0 aliphatic rings. The summed E-state index contributed by atoms with van der Waals surface area (Å²) in [6, 6.07) is 12.2. The van der Waals surface area contributed by atoms with Crippen LogP contribution in [0.5, 0.6) is 17.2 Å². The smallest absolute Gasteiger partial charge is 0.184 e. The first-order chi connectivity index (χ1) is 17.8. The molecule has 9 heteroatoms. The topological polar surface area (TPSA) is 115 Å². The fourth-order valence-electron chi connectivity index (χ4n) is 3.90. The average molecular weight is 512 g/mol. The van der Waals surface area contributed by atoms with E-state index in [-0.39, 0.29) is 50.0 Å². The fourth-order valence-corrected chi connectivity index (χ4v) is 3.90. The molecule has 196 valence electrons. The summed E-state index contributed by atoms with van der Waals surface area (Å²) in [7, 11) is 2.91. The third kappa shape index (κ3) is 6.69. The number of aliphatic hydroxyl groups is 2. The number of aliphatic hydroxyl groups excluding tert-OH is 2. The summed E-state index contributed by atoms with van der Waals surface area (Å²) in [6.45, 7) is 1.24. The van der Waals surface area contributed by atoms with Gasteiger partial charge in [0, 0.05) is 30.1 Å². The number of pyridine rings is 1. The summed E-state index contributed by atoms with van der Waals surface area (Å²) in [4.78, 5) is 31.0. The Hall–Kier alpha value is -3.82. The van der Waals surface area contributed by atoms with Crippen LogP contribution >= 0.6 is 0 Å². The van der Waals surface area contributed by atoms with Crippen molar-refractivity contribution in [1.82, 2.24) is 4.98 Å². The fraction of sp³-hybridized carbons (Fsp3) is 0.321. The minimum Gasteiger partial charge on any atom is -0.494 e. The summed E-state index contributed by atoms with van der Waals surface area (Å²) in [5.74, 6) is -0.796. The van der Waals surface area contributed by atoms with Gasteiger partial charge < -0.3 is 24.4 Å². The number of nitrogens with zero attached hydrogens (tertiary/aromatic N) is 1. The summed E-state index contributed by atoms with van der Waals surface area (Å²) >= 11 is 0. The second kappa shape index (κ2) is 12.9. The molecule has 2 N–H and O–H groups in total. The van der Waals surface area contributed by atoms with Crippen molar-refractivity contribution < 1.29 is 38.4 Å². The van der Waals surface area contributed by atoms with Crippen LogP contribution in [0.1, 0.15) is 39.3 Å². The number of carbonyl (C=O) groups excluding carboxylic acids is 2. The van der Waals surface area contributed by atoms with E-state index in [9.17, 15) is 19.1 Å². The number of Topliss-reactive ketones (excluding diaryl/α,β-unsaturated/α-hetero) is 2. The molecule has 0 radical (unpaired) electrons. The number of rotatable bonds is 13. The lowest BCUT2D eigenvalue weighted by atomic mass is 9.90. The van der Waals surface area contributed by atoms with Crippen molar-refractivity contribution in [3.63, 3.8) is 0 Å². The van der Waals surface area contributed by atoms with Crippen LogP contribution in [0.3, 0.4) is 0 Å². The number of aryl methyl sites for hydroxylation is 1. The zero-order valence-electron chi connectivity index (χ0n) is 21.0. The number of methoxy groups -OCH3 is 2. The largest absolute Gasteiger partial charge is 0.494 e. The molecule has 37 heavy (non-hydrogen) atoms. The maximum Gasteiger partial charge on any atom is 0.184 e. The normalized spacial score (nSPS) is 11.6. The highest BCUT2D eigenvalue weighted by atomic mass is 19.1. The number of hydrogen-bond acceptors (Lipinski definition) is 8. The molecule has 0 spiro atoms. The number of carbonyl (C=O) groups is 2. The highest BCUT2D eigenvalue weighted by molar-refractivity contribution is 6.03. The van der Waals surface area contributed by atoms with Crippen LogP contribution in [0.2, 0.25) is 0 Å². The van der Waals surface area contributed by atoms with Gasteiger partial charge in [0.25, 0.3) is 0 Å². The van der Waals surface area contributed by atoms with Gasteiger partial charge in [0.05, 0.1) is 20.8 Å². The Bertz CT molecular complexity index is 1260. The van der Waals surface area contributed by atoms with E-state index in [0.717, 1.165) is 0 Å². The van der Waals surface area contributed by atoms with Gasteiger partial charge in [-0.25, -0.2) is 9.37 Å². The highest BCUT2D eigenvalue weighted by Gasteiger charge is 2.26. The minimum absolute atomic E-state index is 0.0676. The molecule has 2 aromatic carbocycles. The van der Waals surface area contributed by atoms with Crippen LogP contribution in [0.4, 0.5) is 4.39 Å². The second-order valence-corrected chi connectivity index (χ2v) is 8.35. The molecule has 0 fully saturated rings. The molecule has 1 heterocycles. The number of halogens is 1. The van der Waals surface area contributed by atoms with E-state index in [1.54, 1.807) is 37.3 Å². The lowest BCUT2D eigenvalue weighted by Crippen LogP contribution is -2.21. The van der Waals surface area contributed by atoms with E-state index in [2.05, 4.69) is 4.98 Å². The summed E-state index contributed by atoms with van der Waals surface area (Å²) < 4.78 is 29.9. The average Bonchev–Trinajstić information content (AvgIpc) is 2.92. The zero-order valence-corrected chi connectivity index (χ0v) is 21.0. The minimum atomic E-state index is -0.822. The van der Waals surface area contributed by atoms with Crippen LogP contribution in [0, 0.1) is 18.7 Å². The molecule has 3 aromatic rings. The van der Waals surface area contributed by atoms with Crippen LogP contribution in [-0.2, 0) is 0 Å². The van der Waals surface area contributed by atoms with Gasteiger partial charge in [-0.1, -0.05) is 0 Å². The lowest BCUT2D eigenvalue weighted by molar-refractivity contribution is 0.0824. The Kier molecular flexibility index (Phi) is 9.71. The van der Waals surface area contributed by atoms with Crippen molar-refractivity contribution in [2.24, 2.45) is 5.92 Å². The predicted octanol–water partition coefficient (Wildman–Crippen LogP) is 4.04. The van der Waals surface area contributed by atoms with Crippen LogP contribution < -0.4 is 14.2 Å². The Labute approximate surface area is 214 Å². The van der Waals surface area contributed by atoms with Crippen molar-refractivity contribution >= 4 is 11.6 Å². The zero-order chi connectivity index (χ0) is 26.9. The summed E-state index contributed by atoms with van der Waals surface area (Å²) in [5.41, 5.74) is 1.79. The van der Waals surface area contributed by atoms with E-state index >= 15 is 0 Å². The molecule has 0 bridgehead atoms. The summed E-state index contributed by atoms with van der Waals surface area (Å²) in [6.07, 6.45) is -0.0871. The molecule has 3 rings (SSSR count). The Balaban J connectivity index is 1.88. The maximum absolute atomic E-state index is 13.8. The van der Waals surface area contributed by atoms with Gasteiger partial charge >= 0.3 is 0 Å². The van der Waals surface area contributed by atoms with Crippen molar-refractivity contribution in [3.8, 4) is 28.5 Å². The van der Waals surface area contributed by atoms with Crippen molar-refractivity contribution in [1.29, 1.82) is 0 Å². The monoisotopic (exact) mass is 511 g/mol. The molecule has 0 saturated carbocycles. The van der Waals surface area contributed by atoms with E-state index < -0.39 is 11.7 Å². The SMILES string of the molecule is COc1cc(C(=O)CC(CCO)C(=O)c2ccc(OC)c(-c3ccc(F)c(C)c3)n2)ccc1OCCO. The highest BCUT2D eigenvalue weighted by Crippen LogP contribution is 2.32. The molecule has 8 nitrogen and oxygen atoms in total. The van der Waals surface area contributed by atoms with Crippen LogP contribution in [-0.4, -0.2) is 60.8 Å². The van der Waals surface area contributed by atoms with Gasteiger partial charge in [-0.15, -0.1) is 0 Å². The quantitative estimate of drug-likeness (QED) is 0.331. The van der Waals surface area contributed by atoms with Gasteiger partial charge in [-0.3, -0.25) is 9.59 Å². The second-order valence-electron chi connectivity index (χ2n) is 8.35. The number of ketones is 2. The number of benzene rings is 2. The van der Waals surface area contributed by atoms with E-state index in [1.165, 1.54) is 32.4 Å². The first-order valence-corrected chi connectivity index (χ1v) is 11.7. The molecule has 0 aliphatic carbocycles. The molecule has 0 saturated heterocycles. The van der Waals surface area contributed by atoms with Crippen LogP contribution in [0.15, 0.2) is 48.5 Å². The van der Waals surface area contributed by atoms with Gasteiger partial charge in [0.15, 0.2) is 23.1 Å². The van der Waals surface area contributed by atoms with E-state index in [1.807, 2.05) is 0 Å². The standard InChI is InChI=1S/C28H30FNO7/c1-17-14-19(4-6-21(17)29)27-25(35-2)9-7-22(30-27)28(34)20(10-11-31)15-23(33)18-5-8-24(37-13-12-32)26(16-18)36-3/h4-9,14,16,20,31-32H,10-13,15H2,1-3H3. The van der Waals surface area contributed by atoms with Gasteiger partial charge in [0.2, 0.25) is 0 Å². The summed E-state index contributed by atoms with van der Waals surface area (Å²) in [5, 5.41) is 18.6. The molecule has 1 unspecified atom stereocenters. The van der Waals surface area contributed by atoms with Crippen molar-refractivity contribution in [3.05, 3.63) is 71.2 Å². The van der Waals surface area contributed by atoms with Crippen molar-refractivity contribution in [2.45, 2.75) is 19.8 Å². The van der Waals surface area contributed by atoms with Gasteiger partial charge in [-0.2, -0.15) is 0 Å². The molecule has 1 aromatic heterocycles. The molecule has 0 amide bonds. The molecular weight excluding hydrogens is 481 g/mol. The Morgan fingerprint density at radius 1 is 0.946 bits per heavy atom. The van der Waals surface area contributed by atoms with Crippen LogP contribution in [0.25, 0.3) is 11.3 Å². The molecule has 1 atom stereocenters. The molecule has 0 aliphatic heterocycles. The van der Waals surface area contributed by atoms with Gasteiger partial charge in [-0.05, 0) is 67.4 Å². The Morgan fingerprint density at radius 2 is 1.68 bits per heavy atom. The number of ether oxygens (including phenoxy) is 3. The maximum atomic E-state index is 13.8. The lowest BCUT2D eigenvalue weighted by Gasteiger charge is -2.16. The number of aromatic nitrogens is 1. The van der Waals surface area contributed by atoms with Crippen molar-refractivity contribution in [2.75, 3.05) is 34.0 Å². The predicted molar refractivity (Wildman–Crippen MR) is 135 cm³/mol. The molecular formula is C28H30FNO7. The van der Waals surface area contributed by atoms with E-state index in [4.69, 9.17) is 19.3 Å². The number of hydrogen-bond donors (Lipinski definition) is 2. The third-order valence-corrected chi connectivity index (χ3v) is 5.88. The third-order valence-electron chi connectivity index (χ3n) is 5.88. The first kappa shape index (κ1) is 27.8. The Morgan fingerprint density at radius 3 is 2.32 bits per heavy atom.